The number of carbonyl (C=O) groups excluding carboxylic acids is 4. The zero-order valence-corrected chi connectivity index (χ0v) is 36.1. The lowest BCUT2D eigenvalue weighted by Crippen LogP contribution is -2.79. The predicted molar refractivity (Wildman–Crippen MR) is 211 cm³/mol. The van der Waals surface area contributed by atoms with E-state index in [2.05, 4.69) is 5.32 Å². The van der Waals surface area contributed by atoms with Gasteiger partial charge in [0, 0.05) is 24.2 Å². The molecule has 3 aliphatic carbocycles. The van der Waals surface area contributed by atoms with Gasteiger partial charge in [0.1, 0.15) is 48.3 Å². The van der Waals surface area contributed by atoms with Crippen LogP contribution in [-0.2, 0) is 42.8 Å². The summed E-state index contributed by atoms with van der Waals surface area (Å²) in [5.74, 6) is -5.60. The van der Waals surface area contributed by atoms with Crippen LogP contribution in [0.4, 0.5) is 4.79 Å². The monoisotopic (exact) mass is 879 g/mol. The van der Waals surface area contributed by atoms with Crippen LogP contribution in [0.1, 0.15) is 79.8 Å². The second-order valence-corrected chi connectivity index (χ2v) is 19.1. The van der Waals surface area contributed by atoms with Crippen LogP contribution < -0.4 is 5.32 Å². The summed E-state index contributed by atoms with van der Waals surface area (Å²) in [4.78, 5) is 56.2. The van der Waals surface area contributed by atoms with Crippen LogP contribution in [0, 0.1) is 22.7 Å². The van der Waals surface area contributed by atoms with E-state index < -0.39 is 144 Å². The smallest absolute Gasteiger partial charge is 0.408 e. The molecule has 2 bridgehead atoms. The standard InChI is InChI=1S/C43H61NO18/c1-19-22(59-36(53)30(49)28(21-12-10-9-11-13-21)44-38(54)62-39(3,4)5)15-43(56)20(2)34-41(8,24(46)14-25-42(34,55)18-58-25)35(52)33(27(19)40(43,6)7)61-26(47)17-57-37-32(51)31(50)29(48)23(16-45)60-37/h9-13,20,22-25,28-34,37,45-46,48-51,55-56H,14-18H2,1-8H3,(H,44,54)/t20-,22?,23?,24?,25?,28?,29?,30?,31?,32?,33?,34?,37?,41+,42?,43?/m0/s1. The van der Waals surface area contributed by atoms with Crippen LogP contribution in [0.5, 0.6) is 0 Å². The lowest BCUT2D eigenvalue weighted by atomic mass is 9.43. The first-order chi connectivity index (χ1) is 28.7. The van der Waals surface area contributed by atoms with E-state index in [1.54, 1.807) is 71.9 Å². The molecule has 0 aromatic heterocycles. The fraction of sp³-hybridized carbons (Fsp3) is 0.721. The van der Waals surface area contributed by atoms with E-state index >= 15 is 4.79 Å². The van der Waals surface area contributed by atoms with Gasteiger partial charge in [-0.25, -0.2) is 14.4 Å². The van der Waals surface area contributed by atoms with E-state index in [1.807, 2.05) is 0 Å². The molecule has 62 heavy (non-hydrogen) atoms. The predicted octanol–water partition coefficient (Wildman–Crippen LogP) is -0.533. The number of fused-ring (bicyclic) bond motifs is 5. The Labute approximate surface area is 358 Å². The average molecular weight is 880 g/mol. The van der Waals surface area contributed by atoms with Crippen molar-refractivity contribution in [1.82, 2.24) is 5.32 Å². The molecule has 4 fully saturated rings. The first-order valence-electron chi connectivity index (χ1n) is 20.8. The SMILES string of the molecule is CC1=C2C(OC(=O)COC3OC(CO)C(O)C(O)C3O)C(=O)[C@]3(C)C(O)CC4OCC4(O)C3[C@H](C)C(O)(CC1OC(=O)C(O)C(NC(=O)OC(C)(C)C)c1ccccc1)C2(C)C. The minimum absolute atomic E-state index is 0.00563. The third kappa shape index (κ3) is 8.08. The third-order valence-corrected chi connectivity index (χ3v) is 13.9. The van der Waals surface area contributed by atoms with Crippen LogP contribution in [0.15, 0.2) is 41.5 Å². The Morgan fingerprint density at radius 2 is 1.63 bits per heavy atom. The number of alkyl carbamates (subject to hydrolysis) is 1. The fourth-order valence-corrected chi connectivity index (χ4v) is 10.5. The number of carbonyl (C=O) groups is 4. The van der Waals surface area contributed by atoms with Crippen molar-refractivity contribution < 1.29 is 88.5 Å². The van der Waals surface area contributed by atoms with E-state index in [-0.39, 0.29) is 30.6 Å². The zero-order chi connectivity index (χ0) is 46.1. The van der Waals surface area contributed by atoms with Gasteiger partial charge in [-0.05, 0) is 57.2 Å². The summed E-state index contributed by atoms with van der Waals surface area (Å²) in [5.41, 5.74) is -7.61. The Kier molecular flexibility index (Phi) is 13.2. The summed E-state index contributed by atoms with van der Waals surface area (Å²) in [6, 6.07) is 6.72. The first-order valence-corrected chi connectivity index (χ1v) is 20.8. The first kappa shape index (κ1) is 47.9. The van der Waals surface area contributed by atoms with Gasteiger partial charge in [0.25, 0.3) is 0 Å². The summed E-state index contributed by atoms with van der Waals surface area (Å²) in [7, 11) is 0. The molecule has 19 heteroatoms. The molecule has 1 amide bonds. The van der Waals surface area contributed by atoms with Crippen molar-refractivity contribution in [2.75, 3.05) is 19.8 Å². The fourth-order valence-electron chi connectivity index (χ4n) is 10.5. The van der Waals surface area contributed by atoms with Gasteiger partial charge in [-0.15, -0.1) is 0 Å². The number of aliphatic hydroxyl groups is 8. The number of benzene rings is 1. The number of esters is 2. The van der Waals surface area contributed by atoms with E-state index in [1.165, 1.54) is 13.8 Å². The number of Topliss-reactive ketones (excluding diaryl/α,β-unsaturated/α-hetero) is 1. The lowest BCUT2D eigenvalue weighted by Gasteiger charge is -2.67. The van der Waals surface area contributed by atoms with Crippen LogP contribution in [-0.4, -0.2) is 163 Å². The molecule has 5 aliphatic rings. The largest absolute Gasteiger partial charge is 0.456 e. The van der Waals surface area contributed by atoms with E-state index in [0.717, 1.165) is 0 Å². The summed E-state index contributed by atoms with van der Waals surface area (Å²) in [6.07, 6.45) is -17.7. The van der Waals surface area contributed by atoms with Crippen molar-refractivity contribution >= 4 is 23.8 Å². The Morgan fingerprint density at radius 3 is 2.21 bits per heavy atom. The molecule has 1 aromatic carbocycles. The number of rotatable bonds is 10. The highest BCUT2D eigenvalue weighted by Gasteiger charge is 2.74. The lowest BCUT2D eigenvalue weighted by molar-refractivity contribution is -0.336. The molecule has 1 aromatic rings. The Bertz CT molecular complexity index is 1900. The van der Waals surface area contributed by atoms with Gasteiger partial charge in [0.15, 0.2) is 24.3 Å². The Balaban J connectivity index is 1.39. The summed E-state index contributed by atoms with van der Waals surface area (Å²) in [6.45, 7) is 10.6. The molecule has 19 nitrogen and oxygen atoms in total. The zero-order valence-electron chi connectivity index (χ0n) is 36.1. The minimum atomic E-state index is -2.05. The van der Waals surface area contributed by atoms with Gasteiger partial charge < -0.3 is 74.6 Å². The van der Waals surface area contributed by atoms with Gasteiger partial charge in [-0.2, -0.15) is 0 Å². The number of aliphatic hydroxyl groups excluding tert-OH is 6. The number of hydrogen-bond donors (Lipinski definition) is 9. The number of hydrogen-bond acceptors (Lipinski definition) is 18. The number of nitrogens with one attached hydrogen (secondary N) is 1. The van der Waals surface area contributed by atoms with E-state index in [4.69, 9.17) is 28.4 Å². The number of ether oxygens (including phenoxy) is 6. The van der Waals surface area contributed by atoms with Gasteiger partial charge >= 0.3 is 18.0 Å². The molecule has 2 saturated heterocycles. The second-order valence-electron chi connectivity index (χ2n) is 19.1. The molecule has 0 spiro atoms. The summed E-state index contributed by atoms with van der Waals surface area (Å²) >= 11 is 0. The van der Waals surface area contributed by atoms with Gasteiger partial charge in [-0.3, -0.25) is 4.79 Å². The topological polar surface area (TPSA) is 298 Å². The molecule has 0 radical (unpaired) electrons. The van der Waals surface area contributed by atoms with Crippen molar-refractivity contribution in [3.05, 3.63) is 47.0 Å². The molecule has 2 saturated carbocycles. The van der Waals surface area contributed by atoms with Crippen molar-refractivity contribution in [3.8, 4) is 0 Å². The van der Waals surface area contributed by atoms with Gasteiger partial charge in [0.2, 0.25) is 0 Å². The highest BCUT2D eigenvalue weighted by atomic mass is 16.7. The van der Waals surface area contributed by atoms with Crippen molar-refractivity contribution in [1.29, 1.82) is 0 Å². The number of amides is 1. The molecule has 2 heterocycles. The van der Waals surface area contributed by atoms with Crippen molar-refractivity contribution in [3.63, 3.8) is 0 Å². The molecular formula is C43H61NO18. The maximum absolute atomic E-state index is 15.3. The Hall–Kier alpha value is -3.60. The summed E-state index contributed by atoms with van der Waals surface area (Å²) < 4.78 is 33.8. The molecule has 6 rings (SSSR count). The summed E-state index contributed by atoms with van der Waals surface area (Å²) in [5, 5.41) is 91.9. The molecule has 2 aliphatic heterocycles. The average Bonchev–Trinajstić information content (AvgIpc) is 3.20. The normalized spacial score (nSPS) is 40.0. The quantitative estimate of drug-likeness (QED) is 0.0811. The molecular weight excluding hydrogens is 818 g/mol. The molecule has 14 unspecified atom stereocenters. The molecule has 16 atom stereocenters. The number of ketones is 1. The van der Waals surface area contributed by atoms with Gasteiger partial charge in [-0.1, -0.05) is 51.1 Å². The van der Waals surface area contributed by atoms with Crippen LogP contribution >= 0.6 is 0 Å². The molecule has 346 valence electrons. The van der Waals surface area contributed by atoms with Crippen LogP contribution in [0.2, 0.25) is 0 Å². The van der Waals surface area contributed by atoms with Crippen LogP contribution in [0.25, 0.3) is 0 Å². The maximum atomic E-state index is 15.3. The maximum Gasteiger partial charge on any atom is 0.408 e. The highest BCUT2D eigenvalue weighted by Crippen LogP contribution is 2.64. The van der Waals surface area contributed by atoms with E-state index in [0.29, 0.717) is 5.56 Å². The third-order valence-electron chi connectivity index (χ3n) is 13.9. The van der Waals surface area contributed by atoms with Crippen molar-refractivity contribution in [2.24, 2.45) is 22.7 Å². The second kappa shape index (κ2) is 17.1. The van der Waals surface area contributed by atoms with Gasteiger partial charge in [0.05, 0.1) is 42.5 Å². The van der Waals surface area contributed by atoms with Crippen LogP contribution in [0.3, 0.4) is 0 Å². The van der Waals surface area contributed by atoms with E-state index in [9.17, 15) is 55.2 Å². The Morgan fingerprint density at radius 1 is 0.984 bits per heavy atom. The molecule has 9 N–H and O–H groups in total. The highest BCUT2D eigenvalue weighted by molar-refractivity contribution is 5.95. The van der Waals surface area contributed by atoms with Crippen molar-refractivity contribution in [2.45, 2.75) is 152 Å². The minimum Gasteiger partial charge on any atom is -0.456 e.